The van der Waals surface area contributed by atoms with Crippen molar-refractivity contribution in [1.29, 1.82) is 0 Å². The van der Waals surface area contributed by atoms with Gasteiger partial charge in [-0.25, -0.2) is 4.79 Å². The standard InChI is InChI=1S/C17H24N2O4/c1-3-23-17(21)19-12-10-18(11-13-19)9-8-16(20)14-4-6-15(22-2)7-5-14/h4-7H,3,8-13H2,1-2H3/p+1. The van der Waals surface area contributed by atoms with E-state index in [-0.39, 0.29) is 11.9 Å². The summed E-state index contributed by atoms with van der Waals surface area (Å²) in [5.74, 6) is 0.898. The lowest BCUT2D eigenvalue weighted by Crippen LogP contribution is -3.14. The van der Waals surface area contributed by atoms with E-state index in [1.165, 1.54) is 4.90 Å². The van der Waals surface area contributed by atoms with Crippen LogP contribution in [0.25, 0.3) is 0 Å². The van der Waals surface area contributed by atoms with E-state index >= 15 is 0 Å². The Morgan fingerprint density at radius 3 is 2.39 bits per heavy atom. The molecule has 0 saturated carbocycles. The Bertz CT molecular complexity index is 522. The molecule has 126 valence electrons. The minimum atomic E-state index is -0.235. The molecule has 1 aliphatic rings. The van der Waals surface area contributed by atoms with Crippen molar-refractivity contribution in [2.24, 2.45) is 0 Å². The lowest BCUT2D eigenvalue weighted by atomic mass is 10.1. The first-order valence-electron chi connectivity index (χ1n) is 8.06. The van der Waals surface area contributed by atoms with Crippen LogP contribution in [0.1, 0.15) is 23.7 Å². The summed E-state index contributed by atoms with van der Waals surface area (Å²) in [7, 11) is 1.61. The van der Waals surface area contributed by atoms with E-state index in [9.17, 15) is 9.59 Å². The monoisotopic (exact) mass is 321 g/mol. The number of carbonyl (C=O) groups excluding carboxylic acids is 2. The molecule has 6 heteroatoms. The van der Waals surface area contributed by atoms with Crippen molar-refractivity contribution >= 4 is 11.9 Å². The van der Waals surface area contributed by atoms with Gasteiger partial charge in [0.25, 0.3) is 0 Å². The quantitative estimate of drug-likeness (QED) is 0.781. The number of piperazine rings is 1. The van der Waals surface area contributed by atoms with Crippen molar-refractivity contribution in [2.75, 3.05) is 46.4 Å². The van der Waals surface area contributed by atoms with Gasteiger partial charge in [-0.3, -0.25) is 9.69 Å². The number of nitrogens with zero attached hydrogens (tertiary/aromatic N) is 1. The van der Waals surface area contributed by atoms with E-state index in [0.29, 0.717) is 26.1 Å². The van der Waals surface area contributed by atoms with Crippen LogP contribution in [-0.4, -0.2) is 63.2 Å². The minimum Gasteiger partial charge on any atom is -0.497 e. The smallest absolute Gasteiger partial charge is 0.410 e. The molecule has 0 bridgehead atoms. The minimum absolute atomic E-state index is 0.146. The lowest BCUT2D eigenvalue weighted by Gasteiger charge is -2.31. The van der Waals surface area contributed by atoms with Crippen LogP contribution >= 0.6 is 0 Å². The van der Waals surface area contributed by atoms with Crippen LogP contribution in [-0.2, 0) is 4.74 Å². The van der Waals surface area contributed by atoms with Gasteiger partial charge in [0.05, 0.1) is 52.9 Å². The Morgan fingerprint density at radius 2 is 1.83 bits per heavy atom. The fourth-order valence-electron chi connectivity index (χ4n) is 2.68. The van der Waals surface area contributed by atoms with Gasteiger partial charge >= 0.3 is 6.09 Å². The van der Waals surface area contributed by atoms with Gasteiger partial charge < -0.3 is 14.4 Å². The van der Waals surface area contributed by atoms with Gasteiger partial charge in [0, 0.05) is 5.56 Å². The highest BCUT2D eigenvalue weighted by molar-refractivity contribution is 5.96. The average molecular weight is 321 g/mol. The zero-order chi connectivity index (χ0) is 16.7. The fourth-order valence-corrected chi connectivity index (χ4v) is 2.68. The number of methoxy groups -OCH3 is 1. The number of amides is 1. The predicted octanol–water partition coefficient (Wildman–Crippen LogP) is 0.625. The van der Waals surface area contributed by atoms with Crippen LogP contribution in [0, 0.1) is 0 Å². The van der Waals surface area contributed by atoms with Gasteiger partial charge in [0.15, 0.2) is 5.78 Å². The Labute approximate surface area is 137 Å². The first-order valence-corrected chi connectivity index (χ1v) is 8.06. The van der Waals surface area contributed by atoms with E-state index in [2.05, 4.69) is 0 Å². The molecule has 1 saturated heterocycles. The number of Topliss-reactive ketones (excluding diaryl/α,β-unsaturated/α-hetero) is 1. The van der Waals surface area contributed by atoms with Gasteiger partial charge in [-0.1, -0.05) is 0 Å². The molecule has 1 aromatic rings. The van der Waals surface area contributed by atoms with Gasteiger partial charge in [0.2, 0.25) is 0 Å². The molecule has 0 aliphatic carbocycles. The highest BCUT2D eigenvalue weighted by Gasteiger charge is 2.24. The molecule has 1 fully saturated rings. The van der Waals surface area contributed by atoms with E-state index in [4.69, 9.17) is 9.47 Å². The van der Waals surface area contributed by atoms with Crippen molar-refractivity contribution in [3.63, 3.8) is 0 Å². The summed E-state index contributed by atoms with van der Waals surface area (Å²) in [6.07, 6.45) is 0.280. The Hall–Kier alpha value is -2.08. The van der Waals surface area contributed by atoms with Crippen LogP contribution in [0.2, 0.25) is 0 Å². The number of carbonyl (C=O) groups is 2. The summed E-state index contributed by atoms with van der Waals surface area (Å²) in [5.41, 5.74) is 0.718. The molecule has 0 unspecified atom stereocenters. The predicted molar refractivity (Wildman–Crippen MR) is 86.1 cm³/mol. The van der Waals surface area contributed by atoms with E-state index in [1.54, 1.807) is 36.3 Å². The SMILES string of the molecule is CCOC(=O)N1CC[NH+](CCC(=O)c2ccc(OC)cc2)CC1. The molecule has 0 spiro atoms. The highest BCUT2D eigenvalue weighted by Crippen LogP contribution is 2.12. The first-order chi connectivity index (χ1) is 11.1. The summed E-state index contributed by atoms with van der Waals surface area (Å²) in [5, 5.41) is 0. The number of rotatable bonds is 6. The zero-order valence-corrected chi connectivity index (χ0v) is 13.8. The summed E-state index contributed by atoms with van der Waals surface area (Å²) >= 11 is 0. The van der Waals surface area contributed by atoms with E-state index in [0.717, 1.165) is 30.9 Å². The molecule has 0 radical (unpaired) electrons. The first kappa shape index (κ1) is 17.3. The summed E-state index contributed by atoms with van der Waals surface area (Å²) in [4.78, 5) is 26.9. The van der Waals surface area contributed by atoms with Crippen molar-refractivity contribution in [2.45, 2.75) is 13.3 Å². The van der Waals surface area contributed by atoms with E-state index in [1.807, 2.05) is 6.92 Å². The number of hydrogen-bond donors (Lipinski definition) is 1. The normalized spacial score (nSPS) is 15.3. The van der Waals surface area contributed by atoms with Crippen molar-refractivity contribution in [1.82, 2.24) is 4.90 Å². The Morgan fingerprint density at radius 1 is 1.17 bits per heavy atom. The largest absolute Gasteiger partial charge is 0.497 e. The molecule has 0 atom stereocenters. The number of ether oxygens (including phenoxy) is 2. The second kappa shape index (κ2) is 8.53. The molecule has 0 aromatic heterocycles. The molecule has 1 aliphatic heterocycles. The van der Waals surface area contributed by atoms with Gasteiger partial charge in [-0.15, -0.1) is 0 Å². The van der Waals surface area contributed by atoms with Crippen molar-refractivity contribution < 1.29 is 24.0 Å². The number of nitrogens with one attached hydrogen (secondary N) is 1. The highest BCUT2D eigenvalue weighted by atomic mass is 16.6. The number of quaternary nitrogens is 1. The maximum absolute atomic E-state index is 12.2. The number of benzene rings is 1. The third-order valence-corrected chi connectivity index (χ3v) is 4.11. The second-order valence-electron chi connectivity index (χ2n) is 5.59. The van der Waals surface area contributed by atoms with Crippen molar-refractivity contribution in [3.05, 3.63) is 29.8 Å². The molecule has 6 nitrogen and oxygen atoms in total. The Kier molecular flexibility index (Phi) is 6.40. The molecular weight excluding hydrogens is 296 g/mol. The van der Waals surface area contributed by atoms with Crippen LogP contribution in [0.15, 0.2) is 24.3 Å². The van der Waals surface area contributed by atoms with Gasteiger partial charge in [-0.05, 0) is 31.2 Å². The Balaban J connectivity index is 1.74. The summed E-state index contributed by atoms with van der Waals surface area (Å²) in [6.45, 7) is 6.09. The fraction of sp³-hybridized carbons (Fsp3) is 0.529. The molecule has 1 amide bonds. The maximum Gasteiger partial charge on any atom is 0.410 e. The van der Waals surface area contributed by atoms with Crippen molar-refractivity contribution in [3.8, 4) is 5.75 Å². The van der Waals surface area contributed by atoms with Crippen LogP contribution in [0.3, 0.4) is 0 Å². The summed E-state index contributed by atoms with van der Waals surface area (Å²) < 4.78 is 10.1. The second-order valence-corrected chi connectivity index (χ2v) is 5.59. The lowest BCUT2D eigenvalue weighted by molar-refractivity contribution is -0.903. The molecule has 23 heavy (non-hydrogen) atoms. The molecule has 1 N–H and O–H groups in total. The third-order valence-electron chi connectivity index (χ3n) is 4.11. The van der Waals surface area contributed by atoms with Crippen LogP contribution in [0.4, 0.5) is 4.79 Å². The number of ketones is 1. The third kappa shape index (κ3) is 4.96. The van der Waals surface area contributed by atoms with Crippen LogP contribution < -0.4 is 9.64 Å². The van der Waals surface area contributed by atoms with Gasteiger partial charge in [0.1, 0.15) is 5.75 Å². The van der Waals surface area contributed by atoms with Crippen LogP contribution in [0.5, 0.6) is 5.75 Å². The van der Waals surface area contributed by atoms with E-state index < -0.39 is 0 Å². The maximum atomic E-state index is 12.2. The summed E-state index contributed by atoms with van der Waals surface area (Å²) in [6, 6.07) is 7.21. The molecule has 1 aromatic carbocycles. The molecule has 2 rings (SSSR count). The van der Waals surface area contributed by atoms with Gasteiger partial charge in [-0.2, -0.15) is 0 Å². The molecular formula is C17H25N2O4+. The topological polar surface area (TPSA) is 60.3 Å². The number of hydrogen-bond acceptors (Lipinski definition) is 4. The average Bonchev–Trinajstić information content (AvgIpc) is 2.60. The zero-order valence-electron chi connectivity index (χ0n) is 13.8. The molecule has 1 heterocycles.